The van der Waals surface area contributed by atoms with Gasteiger partial charge < -0.3 is 9.84 Å². The summed E-state index contributed by atoms with van der Waals surface area (Å²) < 4.78 is 5.62. The first kappa shape index (κ1) is 14.5. The second-order valence-electron chi connectivity index (χ2n) is 5.04. The van der Waals surface area contributed by atoms with Gasteiger partial charge in [-0.1, -0.05) is 72.8 Å². The second kappa shape index (κ2) is 6.51. The van der Waals surface area contributed by atoms with Crippen LogP contribution in [0.1, 0.15) is 18.1 Å². The van der Waals surface area contributed by atoms with Crippen LogP contribution in [0, 0.1) is 0 Å². The minimum absolute atomic E-state index is 0.202. The summed E-state index contributed by atoms with van der Waals surface area (Å²) >= 11 is 0. The third-order valence-electron chi connectivity index (χ3n) is 3.16. The molecule has 2 heteroatoms. The highest BCUT2D eigenvalue weighted by Crippen LogP contribution is 2.29. The number of hydrogen-bond donors (Lipinski definition) is 1. The van der Waals surface area contributed by atoms with Crippen LogP contribution >= 0.6 is 0 Å². The molecule has 1 N–H and O–H groups in total. The zero-order valence-electron chi connectivity index (χ0n) is 11.8. The first-order valence-electron chi connectivity index (χ1n) is 6.68. The van der Waals surface area contributed by atoms with Crippen molar-refractivity contribution in [2.75, 3.05) is 13.2 Å². The highest BCUT2D eigenvalue weighted by molar-refractivity contribution is 5.36. The first-order chi connectivity index (χ1) is 9.63. The number of benzene rings is 2. The van der Waals surface area contributed by atoms with Crippen molar-refractivity contribution in [3.05, 3.63) is 83.9 Å². The Kier molecular flexibility index (Phi) is 4.72. The highest BCUT2D eigenvalue weighted by atomic mass is 16.5. The fraction of sp³-hybridized carbons (Fsp3) is 0.222. The second-order valence-corrected chi connectivity index (χ2v) is 5.04. The van der Waals surface area contributed by atoms with E-state index >= 15 is 0 Å². The zero-order valence-corrected chi connectivity index (χ0v) is 11.8. The molecule has 0 aliphatic rings. The minimum atomic E-state index is -1.14. The summed E-state index contributed by atoms with van der Waals surface area (Å²) in [4.78, 5) is 0. The summed E-state index contributed by atoms with van der Waals surface area (Å²) in [6.45, 7) is 6.37. The van der Waals surface area contributed by atoms with Gasteiger partial charge in [0.2, 0.25) is 0 Å². The smallest absolute Gasteiger partial charge is 0.138 e. The predicted molar refractivity (Wildman–Crippen MR) is 81.5 cm³/mol. The Labute approximate surface area is 120 Å². The number of aliphatic hydroxyl groups is 1. The quantitative estimate of drug-likeness (QED) is 0.812. The van der Waals surface area contributed by atoms with E-state index in [2.05, 4.69) is 6.58 Å². The maximum Gasteiger partial charge on any atom is 0.138 e. The molecule has 104 valence electrons. The van der Waals surface area contributed by atoms with Gasteiger partial charge in [-0.25, -0.2) is 0 Å². The molecule has 0 saturated carbocycles. The maximum absolute atomic E-state index is 11.1. The number of ether oxygens (including phenoxy) is 1. The number of rotatable bonds is 6. The molecular formula is C18H20O2. The Morgan fingerprint density at radius 1 is 1.00 bits per heavy atom. The van der Waals surface area contributed by atoms with Gasteiger partial charge in [0.25, 0.3) is 0 Å². The molecule has 0 spiro atoms. The van der Waals surface area contributed by atoms with Crippen LogP contribution in [0.25, 0.3) is 0 Å². The lowest BCUT2D eigenvalue weighted by molar-refractivity contribution is -0.0154. The molecule has 0 radical (unpaired) electrons. The first-order valence-corrected chi connectivity index (χ1v) is 6.68. The molecule has 0 saturated heterocycles. The topological polar surface area (TPSA) is 29.5 Å². The van der Waals surface area contributed by atoms with Crippen LogP contribution in [0.3, 0.4) is 0 Å². The molecule has 0 fully saturated rings. The van der Waals surface area contributed by atoms with E-state index in [-0.39, 0.29) is 6.61 Å². The fourth-order valence-electron chi connectivity index (χ4n) is 2.13. The van der Waals surface area contributed by atoms with Gasteiger partial charge in [0.15, 0.2) is 0 Å². The van der Waals surface area contributed by atoms with Crippen molar-refractivity contribution in [3.63, 3.8) is 0 Å². The molecule has 0 bridgehead atoms. The van der Waals surface area contributed by atoms with Crippen molar-refractivity contribution in [2.24, 2.45) is 0 Å². The van der Waals surface area contributed by atoms with Crippen molar-refractivity contribution < 1.29 is 9.84 Å². The Morgan fingerprint density at radius 2 is 1.45 bits per heavy atom. The monoisotopic (exact) mass is 268 g/mol. The minimum Gasteiger partial charge on any atom is -0.378 e. The van der Waals surface area contributed by atoms with Crippen LogP contribution in [0.4, 0.5) is 0 Å². The molecule has 0 heterocycles. The summed E-state index contributed by atoms with van der Waals surface area (Å²) in [5.41, 5.74) is 1.45. The van der Waals surface area contributed by atoms with Gasteiger partial charge >= 0.3 is 0 Å². The van der Waals surface area contributed by atoms with E-state index in [0.717, 1.165) is 16.7 Å². The lowest BCUT2D eigenvalue weighted by Crippen LogP contribution is -2.33. The maximum atomic E-state index is 11.1. The molecule has 0 aromatic heterocycles. The van der Waals surface area contributed by atoms with Gasteiger partial charge in [0, 0.05) is 0 Å². The third-order valence-corrected chi connectivity index (χ3v) is 3.16. The summed E-state index contributed by atoms with van der Waals surface area (Å²) in [6, 6.07) is 19.2. The normalized spacial score (nSPS) is 11.3. The molecule has 0 amide bonds. The number of hydrogen-bond acceptors (Lipinski definition) is 2. The lowest BCUT2D eigenvalue weighted by Gasteiger charge is -2.29. The molecule has 0 unspecified atom stereocenters. The van der Waals surface area contributed by atoms with Gasteiger partial charge in [-0.3, -0.25) is 0 Å². The predicted octanol–water partition coefficient (Wildman–Crippen LogP) is 3.52. The average molecular weight is 268 g/mol. The SMILES string of the molecule is C=C(C)COCC(O)(c1ccccc1)c1ccccc1. The standard InChI is InChI=1S/C18H20O2/c1-15(2)13-20-14-18(19,16-9-5-3-6-10-16)17-11-7-4-8-12-17/h3-12,19H,1,13-14H2,2H3. The van der Waals surface area contributed by atoms with Crippen molar-refractivity contribution in [3.8, 4) is 0 Å². The van der Waals surface area contributed by atoms with Gasteiger partial charge in [-0.15, -0.1) is 0 Å². The summed E-state index contributed by atoms with van der Waals surface area (Å²) in [5.74, 6) is 0. The van der Waals surface area contributed by atoms with E-state index in [1.807, 2.05) is 67.6 Å². The van der Waals surface area contributed by atoms with Crippen LogP contribution in [-0.4, -0.2) is 18.3 Å². The van der Waals surface area contributed by atoms with E-state index in [0.29, 0.717) is 6.61 Å². The van der Waals surface area contributed by atoms with E-state index in [1.54, 1.807) is 0 Å². The van der Waals surface area contributed by atoms with Gasteiger partial charge in [0.1, 0.15) is 5.60 Å². The average Bonchev–Trinajstić information content (AvgIpc) is 2.48. The molecule has 0 aliphatic carbocycles. The van der Waals surface area contributed by atoms with Crippen molar-refractivity contribution >= 4 is 0 Å². The highest BCUT2D eigenvalue weighted by Gasteiger charge is 2.31. The van der Waals surface area contributed by atoms with Crippen LogP contribution in [0.5, 0.6) is 0 Å². The van der Waals surface area contributed by atoms with Crippen molar-refractivity contribution in [1.29, 1.82) is 0 Å². The van der Waals surface area contributed by atoms with E-state index in [4.69, 9.17) is 4.74 Å². The van der Waals surface area contributed by atoms with Gasteiger partial charge in [0.05, 0.1) is 13.2 Å². The third kappa shape index (κ3) is 3.35. The van der Waals surface area contributed by atoms with E-state index in [1.165, 1.54) is 0 Å². The fourth-order valence-corrected chi connectivity index (χ4v) is 2.13. The van der Waals surface area contributed by atoms with Crippen LogP contribution in [0.2, 0.25) is 0 Å². The van der Waals surface area contributed by atoms with Gasteiger partial charge in [-0.05, 0) is 18.1 Å². The largest absolute Gasteiger partial charge is 0.378 e. The molecule has 2 aromatic carbocycles. The molecule has 0 atom stereocenters. The molecule has 2 rings (SSSR count). The summed E-state index contributed by atoms with van der Waals surface area (Å²) in [5, 5.41) is 11.1. The van der Waals surface area contributed by atoms with Crippen LogP contribution in [-0.2, 0) is 10.3 Å². The molecule has 2 aromatic rings. The Bertz CT molecular complexity index is 507. The molecule has 0 aliphatic heterocycles. The summed E-state index contributed by atoms with van der Waals surface area (Å²) in [7, 11) is 0. The van der Waals surface area contributed by atoms with Gasteiger partial charge in [-0.2, -0.15) is 0 Å². The van der Waals surface area contributed by atoms with E-state index < -0.39 is 5.60 Å². The molecule has 20 heavy (non-hydrogen) atoms. The Balaban J connectivity index is 2.31. The molecular weight excluding hydrogens is 248 g/mol. The zero-order chi connectivity index (χ0) is 14.4. The Morgan fingerprint density at radius 3 is 1.85 bits per heavy atom. The van der Waals surface area contributed by atoms with Crippen LogP contribution < -0.4 is 0 Å². The van der Waals surface area contributed by atoms with Crippen LogP contribution in [0.15, 0.2) is 72.8 Å². The van der Waals surface area contributed by atoms with Crippen molar-refractivity contribution in [1.82, 2.24) is 0 Å². The summed E-state index contributed by atoms with van der Waals surface area (Å²) in [6.07, 6.45) is 0. The van der Waals surface area contributed by atoms with E-state index in [9.17, 15) is 5.11 Å². The molecule has 2 nitrogen and oxygen atoms in total. The van der Waals surface area contributed by atoms with Crippen molar-refractivity contribution in [2.45, 2.75) is 12.5 Å². The lowest BCUT2D eigenvalue weighted by atomic mass is 9.87. The Hall–Kier alpha value is -1.90.